The number of para-hydroxylation sites is 1. The molecule has 0 unspecified atom stereocenters. The Hall–Kier alpha value is -3.70. The van der Waals surface area contributed by atoms with Gasteiger partial charge in [-0.05, 0) is 36.6 Å². The quantitative estimate of drug-likeness (QED) is 0.363. The number of nitrogens with one attached hydrogen (secondary N) is 3. The molecule has 3 rings (SSSR count). The third kappa shape index (κ3) is 7.14. The van der Waals surface area contributed by atoms with Crippen LogP contribution in [-0.2, 0) is 19.6 Å². The zero-order valence-corrected chi connectivity index (χ0v) is 20.2. The van der Waals surface area contributed by atoms with Crippen molar-refractivity contribution in [3.05, 3.63) is 66.5 Å². The Kier molecular flexibility index (Phi) is 8.61. The predicted octanol–water partition coefficient (Wildman–Crippen LogP) is 1.44. The highest BCUT2D eigenvalue weighted by Crippen LogP contribution is 2.16. The van der Waals surface area contributed by atoms with E-state index in [0.29, 0.717) is 17.5 Å². The summed E-state index contributed by atoms with van der Waals surface area (Å²) in [4.78, 5) is 46.0. The minimum atomic E-state index is -3.95. The number of hydrogen-bond acceptors (Lipinski definition) is 7. The van der Waals surface area contributed by atoms with Gasteiger partial charge in [0, 0.05) is 17.8 Å². The van der Waals surface area contributed by atoms with Gasteiger partial charge >= 0.3 is 0 Å². The molecule has 1 aromatic carbocycles. The third-order valence-corrected chi connectivity index (χ3v) is 6.36. The number of benzene rings is 1. The van der Waals surface area contributed by atoms with Gasteiger partial charge in [0.1, 0.15) is 6.04 Å². The summed E-state index contributed by atoms with van der Waals surface area (Å²) in [5.74, 6) is -1.46. The van der Waals surface area contributed by atoms with E-state index >= 15 is 0 Å². The van der Waals surface area contributed by atoms with Gasteiger partial charge in [0.25, 0.3) is 15.9 Å². The van der Waals surface area contributed by atoms with E-state index in [1.165, 1.54) is 18.3 Å². The average molecular weight is 498 g/mol. The molecule has 10 nitrogen and oxygen atoms in total. The molecule has 0 fully saturated rings. The van der Waals surface area contributed by atoms with Crippen molar-refractivity contribution < 1.29 is 22.8 Å². The van der Waals surface area contributed by atoms with Crippen molar-refractivity contribution in [2.24, 2.45) is 5.92 Å². The summed E-state index contributed by atoms with van der Waals surface area (Å²) in [5, 5.41) is 5.81. The Bertz CT molecular complexity index is 1310. The number of nitrogens with zero attached hydrogens (tertiary/aromatic N) is 2. The molecule has 0 saturated carbocycles. The number of carbonyl (C=O) groups is 3. The summed E-state index contributed by atoms with van der Waals surface area (Å²) < 4.78 is 26.5. The molecule has 0 saturated heterocycles. The lowest BCUT2D eigenvalue weighted by Crippen LogP contribution is -2.49. The van der Waals surface area contributed by atoms with Crippen LogP contribution < -0.4 is 15.4 Å². The minimum absolute atomic E-state index is 0.0811. The Morgan fingerprint density at radius 1 is 0.914 bits per heavy atom. The van der Waals surface area contributed by atoms with Crippen molar-refractivity contribution >= 4 is 38.5 Å². The minimum Gasteiger partial charge on any atom is -0.347 e. The lowest BCUT2D eigenvalue weighted by atomic mass is 10.0. The van der Waals surface area contributed by atoms with E-state index in [9.17, 15) is 22.8 Å². The van der Waals surface area contributed by atoms with Gasteiger partial charge in [-0.2, -0.15) is 0 Å². The highest BCUT2D eigenvalue weighted by atomic mass is 32.2. The first kappa shape index (κ1) is 25.9. The van der Waals surface area contributed by atoms with Gasteiger partial charge in [-0.25, -0.2) is 18.1 Å². The highest BCUT2D eigenvalue weighted by Gasteiger charge is 2.24. The SMILES string of the molecule is CC(C)C[C@H](NC(=O)c1cccc2cccnc12)C(=O)NCC(=O)CNS(=O)(=O)c1ccccn1. The molecule has 2 amide bonds. The molecule has 2 aromatic heterocycles. The number of hydrogen-bond donors (Lipinski definition) is 3. The molecule has 1 atom stereocenters. The van der Waals surface area contributed by atoms with Gasteiger partial charge in [-0.3, -0.25) is 19.4 Å². The fraction of sp³-hybridized carbons (Fsp3) is 0.292. The van der Waals surface area contributed by atoms with E-state index in [1.54, 1.807) is 30.5 Å². The van der Waals surface area contributed by atoms with Crippen LogP contribution in [0, 0.1) is 5.92 Å². The van der Waals surface area contributed by atoms with Crippen molar-refractivity contribution in [1.29, 1.82) is 0 Å². The van der Waals surface area contributed by atoms with E-state index in [0.717, 1.165) is 5.39 Å². The van der Waals surface area contributed by atoms with Gasteiger partial charge in [0.2, 0.25) is 5.91 Å². The van der Waals surface area contributed by atoms with E-state index in [-0.39, 0.29) is 10.9 Å². The second kappa shape index (κ2) is 11.6. The first-order valence-electron chi connectivity index (χ1n) is 11.0. The summed E-state index contributed by atoms with van der Waals surface area (Å²) in [5.41, 5.74) is 0.858. The predicted molar refractivity (Wildman–Crippen MR) is 130 cm³/mol. The Morgan fingerprint density at radius 2 is 1.66 bits per heavy atom. The van der Waals surface area contributed by atoms with Crippen LogP contribution in [0.25, 0.3) is 10.9 Å². The van der Waals surface area contributed by atoms with E-state index in [4.69, 9.17) is 0 Å². The van der Waals surface area contributed by atoms with Crippen LogP contribution in [0.4, 0.5) is 0 Å². The molecule has 3 aromatic rings. The number of rotatable bonds is 11. The highest BCUT2D eigenvalue weighted by molar-refractivity contribution is 7.89. The maximum atomic E-state index is 13.0. The number of fused-ring (bicyclic) bond motifs is 1. The molecular weight excluding hydrogens is 470 g/mol. The normalized spacial score (nSPS) is 12.3. The van der Waals surface area contributed by atoms with Crippen LogP contribution >= 0.6 is 0 Å². The molecule has 2 heterocycles. The van der Waals surface area contributed by atoms with Crippen LogP contribution in [-0.4, -0.2) is 55.1 Å². The molecule has 0 radical (unpaired) electrons. The van der Waals surface area contributed by atoms with Gasteiger partial charge in [-0.1, -0.05) is 38.1 Å². The summed E-state index contributed by atoms with van der Waals surface area (Å²) >= 11 is 0. The van der Waals surface area contributed by atoms with Crippen LogP contribution in [0.2, 0.25) is 0 Å². The molecule has 35 heavy (non-hydrogen) atoms. The van der Waals surface area contributed by atoms with Crippen LogP contribution in [0.3, 0.4) is 0 Å². The lowest BCUT2D eigenvalue weighted by Gasteiger charge is -2.20. The summed E-state index contributed by atoms with van der Waals surface area (Å²) in [6, 6.07) is 12.3. The molecule has 0 aliphatic carbocycles. The zero-order valence-electron chi connectivity index (χ0n) is 19.4. The maximum absolute atomic E-state index is 13.0. The van der Waals surface area contributed by atoms with Crippen LogP contribution in [0.1, 0.15) is 30.6 Å². The molecule has 11 heteroatoms. The topological polar surface area (TPSA) is 147 Å². The number of carbonyl (C=O) groups excluding carboxylic acids is 3. The van der Waals surface area contributed by atoms with Crippen LogP contribution in [0.15, 0.2) is 66.0 Å². The number of Topliss-reactive ketones (excluding diaryl/α,β-unsaturated/α-hetero) is 1. The molecule has 0 spiro atoms. The Morgan fingerprint density at radius 3 is 2.37 bits per heavy atom. The van der Waals surface area contributed by atoms with Crippen molar-refractivity contribution in [2.75, 3.05) is 13.1 Å². The second-order valence-electron chi connectivity index (χ2n) is 8.29. The maximum Gasteiger partial charge on any atom is 0.258 e. The number of ketones is 1. The Labute approximate surface area is 203 Å². The average Bonchev–Trinajstić information content (AvgIpc) is 2.85. The molecule has 3 N–H and O–H groups in total. The third-order valence-electron chi connectivity index (χ3n) is 5.04. The summed E-state index contributed by atoms with van der Waals surface area (Å²) in [7, 11) is -3.95. The second-order valence-corrected chi connectivity index (χ2v) is 10.00. The summed E-state index contributed by atoms with van der Waals surface area (Å²) in [6.07, 6.45) is 3.26. The monoisotopic (exact) mass is 497 g/mol. The van der Waals surface area contributed by atoms with Gasteiger partial charge in [0.15, 0.2) is 10.8 Å². The first-order chi connectivity index (χ1) is 16.7. The molecule has 184 valence electrons. The van der Waals surface area contributed by atoms with E-state index in [1.807, 2.05) is 26.0 Å². The standard InChI is InChI=1S/C24H27N5O5S/c1-16(2)13-20(29-23(31)19-9-5-7-17-8-6-12-26-22(17)19)24(32)27-14-18(30)15-28-35(33,34)21-10-3-4-11-25-21/h3-12,16,20,28H,13-15H2,1-2H3,(H,27,32)(H,29,31)/t20-/m0/s1. The fourth-order valence-electron chi connectivity index (χ4n) is 3.35. The molecule has 0 aliphatic heterocycles. The van der Waals surface area contributed by atoms with Crippen LogP contribution in [0.5, 0.6) is 0 Å². The van der Waals surface area contributed by atoms with E-state index in [2.05, 4.69) is 25.3 Å². The largest absolute Gasteiger partial charge is 0.347 e. The number of pyridine rings is 2. The lowest BCUT2D eigenvalue weighted by molar-refractivity contribution is -0.126. The Balaban J connectivity index is 1.60. The summed E-state index contributed by atoms with van der Waals surface area (Å²) in [6.45, 7) is 2.90. The van der Waals surface area contributed by atoms with E-state index < -0.39 is 46.8 Å². The first-order valence-corrected chi connectivity index (χ1v) is 12.5. The molecule has 0 aliphatic rings. The number of amides is 2. The molecule has 0 bridgehead atoms. The van der Waals surface area contributed by atoms with Crippen molar-refractivity contribution in [3.63, 3.8) is 0 Å². The van der Waals surface area contributed by atoms with Gasteiger partial charge in [0.05, 0.1) is 24.2 Å². The number of aromatic nitrogens is 2. The number of sulfonamides is 1. The van der Waals surface area contributed by atoms with Crippen molar-refractivity contribution in [3.8, 4) is 0 Å². The fourth-order valence-corrected chi connectivity index (χ4v) is 4.31. The van der Waals surface area contributed by atoms with Crippen molar-refractivity contribution in [1.82, 2.24) is 25.3 Å². The van der Waals surface area contributed by atoms with Gasteiger partial charge < -0.3 is 10.6 Å². The molecular formula is C24H27N5O5S. The zero-order chi connectivity index (χ0) is 25.4. The smallest absolute Gasteiger partial charge is 0.258 e. The van der Waals surface area contributed by atoms with Crippen molar-refractivity contribution in [2.45, 2.75) is 31.3 Å². The van der Waals surface area contributed by atoms with Gasteiger partial charge in [-0.15, -0.1) is 0 Å².